The number of hydrogen-bond donors (Lipinski definition) is 0. The molecule has 0 aromatic heterocycles. The predicted molar refractivity (Wildman–Crippen MR) is 50.8 cm³/mol. The Bertz CT molecular complexity index is 254. The predicted octanol–water partition coefficient (Wildman–Crippen LogP) is 1.85. The Morgan fingerprint density at radius 2 is 1.75 bits per heavy atom. The van der Waals surface area contributed by atoms with Crippen molar-refractivity contribution in [1.82, 2.24) is 0 Å². The molecule has 0 radical (unpaired) electrons. The van der Waals surface area contributed by atoms with Crippen LogP contribution in [0.4, 0.5) is 0 Å². The minimum Gasteiger partial charge on any atom is -0.228 e. The molecule has 0 amide bonds. The topological polar surface area (TPSA) is 34.1 Å². The summed E-state index contributed by atoms with van der Waals surface area (Å²) in [6.45, 7) is 7.85. The molecule has 72 valence electrons. The molecule has 1 fully saturated rings. The second-order valence-electron chi connectivity index (χ2n) is 4.29. The molecule has 0 saturated carbocycles. The van der Waals surface area contributed by atoms with Crippen molar-refractivity contribution in [3.63, 3.8) is 0 Å². The van der Waals surface area contributed by atoms with E-state index >= 15 is 0 Å². The fourth-order valence-corrected chi connectivity index (χ4v) is 4.58. The van der Waals surface area contributed by atoms with Crippen molar-refractivity contribution in [3.8, 4) is 0 Å². The average molecular weight is 190 g/mol. The van der Waals surface area contributed by atoms with Gasteiger partial charge < -0.3 is 0 Å². The summed E-state index contributed by atoms with van der Waals surface area (Å²) >= 11 is 0. The molecule has 3 heteroatoms. The second-order valence-corrected chi connectivity index (χ2v) is 6.82. The third-order valence-electron chi connectivity index (χ3n) is 3.09. The van der Waals surface area contributed by atoms with Gasteiger partial charge >= 0.3 is 0 Å². The molecule has 1 aliphatic heterocycles. The highest BCUT2D eigenvalue weighted by Gasteiger charge is 2.43. The lowest BCUT2D eigenvalue weighted by Crippen LogP contribution is -2.25. The van der Waals surface area contributed by atoms with Crippen LogP contribution in [0.25, 0.3) is 0 Å². The van der Waals surface area contributed by atoms with Gasteiger partial charge in [0.15, 0.2) is 9.84 Å². The van der Waals surface area contributed by atoms with Crippen molar-refractivity contribution < 1.29 is 8.42 Å². The van der Waals surface area contributed by atoms with Crippen LogP contribution in [-0.4, -0.2) is 18.9 Å². The lowest BCUT2D eigenvalue weighted by molar-refractivity contribution is 0.492. The van der Waals surface area contributed by atoms with Gasteiger partial charge in [0.05, 0.1) is 10.5 Å². The van der Waals surface area contributed by atoms with Crippen molar-refractivity contribution in [2.24, 2.45) is 11.8 Å². The summed E-state index contributed by atoms with van der Waals surface area (Å²) in [4.78, 5) is 0. The highest BCUT2D eigenvalue weighted by molar-refractivity contribution is 7.92. The maximum absolute atomic E-state index is 11.7. The van der Waals surface area contributed by atoms with E-state index in [0.717, 1.165) is 6.42 Å². The van der Waals surface area contributed by atoms with E-state index in [-0.39, 0.29) is 16.4 Å². The summed E-state index contributed by atoms with van der Waals surface area (Å²) in [5, 5.41) is -0.229. The summed E-state index contributed by atoms with van der Waals surface area (Å²) < 4.78 is 23.5. The smallest absolute Gasteiger partial charge is 0.156 e. The van der Waals surface area contributed by atoms with Gasteiger partial charge in [-0.05, 0) is 25.2 Å². The van der Waals surface area contributed by atoms with E-state index in [1.54, 1.807) is 0 Å². The van der Waals surface area contributed by atoms with Crippen LogP contribution in [0.15, 0.2) is 0 Å². The Labute approximate surface area is 75.3 Å². The van der Waals surface area contributed by atoms with Crippen LogP contribution in [0.3, 0.4) is 0 Å². The first kappa shape index (κ1) is 10.0. The van der Waals surface area contributed by atoms with Gasteiger partial charge in [-0.2, -0.15) is 0 Å². The SMILES string of the molecule is CC(C)C1CC(C)C(C)S1(=O)=O. The zero-order valence-corrected chi connectivity index (χ0v) is 9.06. The van der Waals surface area contributed by atoms with Crippen molar-refractivity contribution in [2.75, 3.05) is 0 Å². The number of sulfone groups is 1. The van der Waals surface area contributed by atoms with Crippen LogP contribution in [-0.2, 0) is 9.84 Å². The lowest BCUT2D eigenvalue weighted by Gasteiger charge is -2.13. The Hall–Kier alpha value is -0.0500. The van der Waals surface area contributed by atoms with Gasteiger partial charge in [-0.1, -0.05) is 20.8 Å². The first-order valence-corrected chi connectivity index (χ1v) is 6.21. The van der Waals surface area contributed by atoms with Gasteiger partial charge in [0.2, 0.25) is 0 Å². The Morgan fingerprint density at radius 1 is 1.25 bits per heavy atom. The van der Waals surface area contributed by atoms with Crippen molar-refractivity contribution in [1.29, 1.82) is 0 Å². The van der Waals surface area contributed by atoms with Crippen LogP contribution >= 0.6 is 0 Å². The fourth-order valence-electron chi connectivity index (χ4n) is 1.94. The van der Waals surface area contributed by atoms with Crippen LogP contribution in [0.2, 0.25) is 0 Å². The molecule has 0 aromatic carbocycles. The molecule has 1 saturated heterocycles. The van der Waals surface area contributed by atoms with Crippen LogP contribution < -0.4 is 0 Å². The molecule has 1 heterocycles. The molecule has 0 aromatic rings. The van der Waals surface area contributed by atoms with E-state index < -0.39 is 9.84 Å². The summed E-state index contributed by atoms with van der Waals surface area (Å²) in [6.07, 6.45) is 0.848. The molecule has 3 atom stereocenters. The van der Waals surface area contributed by atoms with E-state index in [2.05, 4.69) is 0 Å². The minimum absolute atomic E-state index is 0.0949. The van der Waals surface area contributed by atoms with Gasteiger partial charge in [0.1, 0.15) is 0 Å². The third-order valence-corrected chi connectivity index (χ3v) is 6.17. The van der Waals surface area contributed by atoms with E-state index in [1.807, 2.05) is 27.7 Å². The van der Waals surface area contributed by atoms with Gasteiger partial charge in [-0.3, -0.25) is 0 Å². The van der Waals surface area contributed by atoms with Gasteiger partial charge in [-0.15, -0.1) is 0 Å². The molecule has 1 aliphatic rings. The highest BCUT2D eigenvalue weighted by Crippen LogP contribution is 2.35. The van der Waals surface area contributed by atoms with E-state index in [1.165, 1.54) is 0 Å². The van der Waals surface area contributed by atoms with Gasteiger partial charge in [-0.25, -0.2) is 8.42 Å². The largest absolute Gasteiger partial charge is 0.228 e. The summed E-state index contributed by atoms with van der Waals surface area (Å²) in [5.41, 5.74) is 0. The minimum atomic E-state index is -2.81. The Morgan fingerprint density at radius 3 is 1.92 bits per heavy atom. The Balaban J connectivity index is 2.96. The molecular formula is C9H18O2S. The first-order chi connectivity index (χ1) is 5.37. The van der Waals surface area contributed by atoms with E-state index in [0.29, 0.717) is 5.92 Å². The summed E-state index contributed by atoms with van der Waals surface area (Å²) in [5.74, 6) is 0.602. The molecule has 3 unspecified atom stereocenters. The molecule has 12 heavy (non-hydrogen) atoms. The average Bonchev–Trinajstić information content (AvgIpc) is 2.13. The van der Waals surface area contributed by atoms with Crippen LogP contribution in [0.1, 0.15) is 34.1 Å². The molecule has 0 aliphatic carbocycles. The van der Waals surface area contributed by atoms with Gasteiger partial charge in [0, 0.05) is 0 Å². The van der Waals surface area contributed by atoms with E-state index in [9.17, 15) is 8.42 Å². The quantitative estimate of drug-likeness (QED) is 0.632. The highest BCUT2D eigenvalue weighted by atomic mass is 32.2. The maximum atomic E-state index is 11.7. The van der Waals surface area contributed by atoms with Crippen LogP contribution in [0.5, 0.6) is 0 Å². The molecule has 2 nitrogen and oxygen atoms in total. The van der Waals surface area contributed by atoms with Crippen molar-refractivity contribution >= 4 is 9.84 Å². The van der Waals surface area contributed by atoms with Gasteiger partial charge in [0.25, 0.3) is 0 Å². The van der Waals surface area contributed by atoms with Crippen molar-refractivity contribution in [2.45, 2.75) is 44.6 Å². The standard InChI is InChI=1S/C9H18O2S/c1-6(2)9-5-7(3)8(4)12(9,10)11/h6-9H,5H2,1-4H3. The fraction of sp³-hybridized carbons (Fsp3) is 1.00. The first-order valence-electron chi connectivity index (χ1n) is 4.60. The van der Waals surface area contributed by atoms with Crippen molar-refractivity contribution in [3.05, 3.63) is 0 Å². The zero-order chi connectivity index (χ0) is 9.52. The molecular weight excluding hydrogens is 172 g/mol. The molecule has 0 N–H and O–H groups in total. The third kappa shape index (κ3) is 1.39. The normalized spacial score (nSPS) is 40.6. The second kappa shape index (κ2) is 3.02. The summed E-state index contributed by atoms with van der Waals surface area (Å²) in [6, 6.07) is 0. The molecule has 1 rings (SSSR count). The zero-order valence-electron chi connectivity index (χ0n) is 8.24. The molecule has 0 bridgehead atoms. The molecule has 0 spiro atoms. The number of hydrogen-bond acceptors (Lipinski definition) is 2. The summed E-state index contributed by atoms with van der Waals surface area (Å²) in [7, 11) is -2.81. The number of rotatable bonds is 1. The van der Waals surface area contributed by atoms with Crippen LogP contribution in [0, 0.1) is 11.8 Å². The maximum Gasteiger partial charge on any atom is 0.156 e. The van der Waals surface area contributed by atoms with E-state index in [4.69, 9.17) is 0 Å². The lowest BCUT2D eigenvalue weighted by atomic mass is 9.98. The Kier molecular flexibility index (Phi) is 2.52. The monoisotopic (exact) mass is 190 g/mol.